The van der Waals surface area contributed by atoms with Gasteiger partial charge in [0.2, 0.25) is 5.91 Å². The van der Waals surface area contributed by atoms with Gasteiger partial charge in [0.25, 0.3) is 5.56 Å². The van der Waals surface area contributed by atoms with E-state index in [0.29, 0.717) is 26.7 Å². The van der Waals surface area contributed by atoms with E-state index in [9.17, 15) is 14.4 Å². The molecule has 1 atom stereocenters. The van der Waals surface area contributed by atoms with Gasteiger partial charge < -0.3 is 10.1 Å². The van der Waals surface area contributed by atoms with Crippen LogP contribution < -0.4 is 10.9 Å². The average molecular weight is 418 g/mol. The number of hydrogen-bond donors (Lipinski definition) is 1. The van der Waals surface area contributed by atoms with Gasteiger partial charge in [0, 0.05) is 4.88 Å². The Morgan fingerprint density at radius 3 is 3.04 bits per heavy atom. The first-order chi connectivity index (χ1) is 13.5. The van der Waals surface area contributed by atoms with E-state index in [1.807, 2.05) is 0 Å². The number of nitrogens with one attached hydrogen (secondary N) is 1. The van der Waals surface area contributed by atoms with Crippen molar-refractivity contribution < 1.29 is 14.3 Å². The van der Waals surface area contributed by atoms with Gasteiger partial charge in [-0.1, -0.05) is 6.92 Å². The highest BCUT2D eigenvalue weighted by molar-refractivity contribution is 7.17. The molecule has 1 aliphatic rings. The highest BCUT2D eigenvalue weighted by Gasteiger charge is 2.29. The lowest BCUT2D eigenvalue weighted by Gasteiger charge is -2.18. The Hall–Kier alpha value is -2.52. The van der Waals surface area contributed by atoms with Gasteiger partial charge in [-0.2, -0.15) is 0 Å². The van der Waals surface area contributed by atoms with Crippen LogP contribution in [0.5, 0.6) is 0 Å². The van der Waals surface area contributed by atoms with Gasteiger partial charge in [-0.05, 0) is 42.2 Å². The summed E-state index contributed by atoms with van der Waals surface area (Å²) in [5.41, 5.74) is 1.17. The van der Waals surface area contributed by atoms with Crippen LogP contribution in [0.1, 0.15) is 34.1 Å². The normalized spacial score (nSPS) is 16.0. The zero-order chi connectivity index (χ0) is 19.8. The summed E-state index contributed by atoms with van der Waals surface area (Å²) in [4.78, 5) is 43.4. The van der Waals surface area contributed by atoms with Crippen LogP contribution in [0, 0.1) is 5.92 Å². The highest BCUT2D eigenvalue weighted by atomic mass is 32.1. The molecule has 3 aromatic rings. The van der Waals surface area contributed by atoms with Crippen molar-refractivity contribution in [3.63, 3.8) is 0 Å². The molecular weight excluding hydrogens is 398 g/mol. The van der Waals surface area contributed by atoms with Crippen LogP contribution in [0.3, 0.4) is 0 Å². The molecule has 1 amide bonds. The SMILES string of the molecule is COC(=O)c1c(NC(=O)Cn2cnc3sccc3c2=O)sc2c1CC[C@@H](C)C2. The number of fused-ring (bicyclic) bond motifs is 2. The first-order valence-corrected chi connectivity index (χ1v) is 10.6. The van der Waals surface area contributed by atoms with Gasteiger partial charge in [0.05, 0.1) is 24.4 Å². The van der Waals surface area contributed by atoms with Gasteiger partial charge in [-0.3, -0.25) is 14.2 Å². The maximum atomic E-state index is 12.6. The number of amides is 1. The second kappa shape index (κ2) is 7.48. The van der Waals surface area contributed by atoms with E-state index in [2.05, 4.69) is 17.2 Å². The van der Waals surface area contributed by atoms with Crippen molar-refractivity contribution >= 4 is 49.8 Å². The molecular formula is C19H19N3O4S2. The molecule has 1 N–H and O–H groups in total. The van der Waals surface area contributed by atoms with Crippen molar-refractivity contribution in [2.75, 3.05) is 12.4 Å². The molecule has 146 valence electrons. The zero-order valence-electron chi connectivity index (χ0n) is 15.5. The van der Waals surface area contributed by atoms with Crippen molar-refractivity contribution in [2.24, 2.45) is 5.92 Å². The number of nitrogens with zero attached hydrogens (tertiary/aromatic N) is 2. The topological polar surface area (TPSA) is 90.3 Å². The molecule has 1 aliphatic carbocycles. The van der Waals surface area contributed by atoms with E-state index in [-0.39, 0.29) is 18.0 Å². The number of rotatable bonds is 4. The quantitative estimate of drug-likeness (QED) is 0.659. The maximum Gasteiger partial charge on any atom is 0.341 e. The third kappa shape index (κ3) is 3.35. The smallest absolute Gasteiger partial charge is 0.341 e. The first kappa shape index (κ1) is 18.8. The fourth-order valence-electron chi connectivity index (χ4n) is 3.48. The Morgan fingerprint density at radius 1 is 1.43 bits per heavy atom. The number of carbonyl (C=O) groups excluding carboxylic acids is 2. The van der Waals surface area contributed by atoms with Crippen LogP contribution in [0.4, 0.5) is 5.00 Å². The lowest BCUT2D eigenvalue weighted by atomic mass is 9.88. The van der Waals surface area contributed by atoms with Crippen LogP contribution in [0.2, 0.25) is 0 Å². The van der Waals surface area contributed by atoms with Gasteiger partial charge in [0.1, 0.15) is 16.4 Å². The summed E-state index contributed by atoms with van der Waals surface area (Å²) in [6.45, 7) is 2.01. The Morgan fingerprint density at radius 2 is 2.25 bits per heavy atom. The summed E-state index contributed by atoms with van der Waals surface area (Å²) in [5, 5.41) is 5.59. The van der Waals surface area contributed by atoms with Crippen molar-refractivity contribution in [1.82, 2.24) is 9.55 Å². The van der Waals surface area contributed by atoms with E-state index in [0.717, 1.165) is 29.7 Å². The van der Waals surface area contributed by atoms with Crippen LogP contribution in [0.15, 0.2) is 22.6 Å². The molecule has 0 radical (unpaired) electrons. The summed E-state index contributed by atoms with van der Waals surface area (Å²) in [6.07, 6.45) is 4.06. The predicted molar refractivity (Wildman–Crippen MR) is 109 cm³/mol. The number of hydrogen-bond acceptors (Lipinski definition) is 7. The average Bonchev–Trinajstić information content (AvgIpc) is 3.27. The van der Waals surface area contributed by atoms with E-state index >= 15 is 0 Å². The van der Waals surface area contributed by atoms with Crippen LogP contribution >= 0.6 is 22.7 Å². The molecule has 0 unspecified atom stereocenters. The molecule has 0 spiro atoms. The molecule has 3 heterocycles. The molecule has 28 heavy (non-hydrogen) atoms. The van der Waals surface area contributed by atoms with Gasteiger partial charge >= 0.3 is 5.97 Å². The Kier molecular flexibility index (Phi) is 5.03. The largest absolute Gasteiger partial charge is 0.465 e. The van der Waals surface area contributed by atoms with E-state index in [4.69, 9.17) is 4.74 Å². The number of carbonyl (C=O) groups is 2. The van der Waals surface area contributed by atoms with Crippen molar-refractivity contribution in [1.29, 1.82) is 0 Å². The van der Waals surface area contributed by atoms with Crippen LogP contribution in [-0.2, 0) is 28.9 Å². The Labute approximate surface area is 169 Å². The molecule has 7 nitrogen and oxygen atoms in total. The van der Waals surface area contributed by atoms with Crippen molar-refractivity contribution in [3.05, 3.63) is 44.1 Å². The minimum Gasteiger partial charge on any atom is -0.465 e. The first-order valence-electron chi connectivity index (χ1n) is 8.93. The molecule has 0 saturated carbocycles. The summed E-state index contributed by atoms with van der Waals surface area (Å²) in [7, 11) is 1.34. The summed E-state index contributed by atoms with van der Waals surface area (Å²) < 4.78 is 6.21. The molecule has 4 rings (SSSR count). The number of aromatic nitrogens is 2. The second-order valence-electron chi connectivity index (χ2n) is 6.91. The van der Waals surface area contributed by atoms with E-state index < -0.39 is 5.97 Å². The zero-order valence-corrected chi connectivity index (χ0v) is 17.1. The van der Waals surface area contributed by atoms with Gasteiger partial charge in [0.15, 0.2) is 0 Å². The number of thiophene rings is 2. The number of methoxy groups -OCH3 is 1. The predicted octanol–water partition coefficient (Wildman–Crippen LogP) is 3.07. The molecule has 0 aliphatic heterocycles. The van der Waals surface area contributed by atoms with E-state index in [1.54, 1.807) is 11.4 Å². The summed E-state index contributed by atoms with van der Waals surface area (Å²) in [6, 6.07) is 1.70. The molecule has 9 heteroatoms. The monoisotopic (exact) mass is 417 g/mol. The standard InChI is InChI=1S/C19H19N3O4S2/c1-10-3-4-11-13(7-10)28-17(15(11)19(25)26-2)21-14(23)8-22-9-20-16-12(18(22)24)5-6-27-16/h5-6,9-10H,3-4,7-8H2,1-2H3,(H,21,23)/t10-/m1/s1. The van der Waals surface area contributed by atoms with E-state index in [1.165, 1.54) is 40.7 Å². The van der Waals surface area contributed by atoms with Gasteiger partial charge in [-0.25, -0.2) is 9.78 Å². The molecule has 0 bridgehead atoms. The van der Waals surface area contributed by atoms with Crippen LogP contribution in [-0.4, -0.2) is 28.5 Å². The Bertz CT molecular complexity index is 1130. The highest BCUT2D eigenvalue weighted by Crippen LogP contribution is 2.40. The molecule has 0 aromatic carbocycles. The summed E-state index contributed by atoms with van der Waals surface area (Å²) in [5.74, 6) is -0.279. The minimum absolute atomic E-state index is 0.169. The maximum absolute atomic E-state index is 12.6. The number of esters is 1. The van der Waals surface area contributed by atoms with Gasteiger partial charge in [-0.15, -0.1) is 22.7 Å². The fourth-order valence-corrected chi connectivity index (χ4v) is 5.62. The summed E-state index contributed by atoms with van der Waals surface area (Å²) >= 11 is 2.80. The third-order valence-corrected chi connectivity index (χ3v) is 6.91. The van der Waals surface area contributed by atoms with Crippen LogP contribution in [0.25, 0.3) is 10.2 Å². The minimum atomic E-state index is -0.444. The third-order valence-electron chi connectivity index (χ3n) is 4.92. The molecule has 0 fully saturated rings. The fraction of sp³-hybridized carbons (Fsp3) is 0.368. The second-order valence-corrected chi connectivity index (χ2v) is 8.91. The molecule has 0 saturated heterocycles. The lowest BCUT2D eigenvalue weighted by Crippen LogP contribution is -2.27. The number of ether oxygens (including phenoxy) is 1. The van der Waals surface area contributed by atoms with Crippen molar-refractivity contribution in [2.45, 2.75) is 32.7 Å². The number of anilines is 1. The van der Waals surface area contributed by atoms with Crippen molar-refractivity contribution in [3.8, 4) is 0 Å². The Balaban J connectivity index is 1.61. The lowest BCUT2D eigenvalue weighted by molar-refractivity contribution is -0.116. The molecule has 3 aromatic heterocycles.